The normalized spacial score (nSPS) is 12.8. The molecule has 0 fully saturated rings. The number of anilines is 1. The van der Waals surface area contributed by atoms with Crippen molar-refractivity contribution in [3.63, 3.8) is 0 Å². The Morgan fingerprint density at radius 2 is 1.13 bits per heavy atom. The van der Waals surface area contributed by atoms with Crippen molar-refractivity contribution in [1.29, 1.82) is 0 Å². The number of unbranched alkanes of at least 4 members (excludes halogenated alkanes) is 14. The summed E-state index contributed by atoms with van der Waals surface area (Å²) in [5.41, 5.74) is 4.04. The highest BCUT2D eigenvalue weighted by Gasteiger charge is 2.12. The lowest BCUT2D eigenvalue weighted by atomic mass is 9.97. The second-order valence-corrected chi connectivity index (χ2v) is 9.25. The molecule has 0 bridgehead atoms. The van der Waals surface area contributed by atoms with E-state index in [1.54, 1.807) is 0 Å². The molecule has 0 amide bonds. The van der Waals surface area contributed by atoms with E-state index in [2.05, 4.69) is 54.7 Å². The van der Waals surface area contributed by atoms with E-state index in [9.17, 15) is 0 Å². The molecule has 2 aromatic rings. The zero-order chi connectivity index (χ0) is 20.9. The molecular weight excluding hydrogens is 362 g/mol. The highest BCUT2D eigenvalue weighted by Crippen LogP contribution is 2.34. The maximum atomic E-state index is 3.67. The summed E-state index contributed by atoms with van der Waals surface area (Å²) in [7, 11) is 0. The summed E-state index contributed by atoms with van der Waals surface area (Å²) in [5.74, 6) is 0. The first-order chi connectivity index (χ1) is 14.9. The molecule has 1 N–H and O–H groups in total. The number of benzene rings is 2. The van der Waals surface area contributed by atoms with Gasteiger partial charge in [-0.1, -0.05) is 127 Å². The Bertz CT molecular complexity index is 768. The van der Waals surface area contributed by atoms with Crippen LogP contribution in [0.25, 0.3) is 16.8 Å². The summed E-state index contributed by atoms with van der Waals surface area (Å²) >= 11 is 0. The number of allylic oxidation sites excluding steroid dienone is 1. The van der Waals surface area contributed by atoms with Crippen LogP contribution in [0, 0.1) is 0 Å². The number of rotatable bonds is 16. The lowest BCUT2D eigenvalue weighted by molar-refractivity contribution is 0.532. The molecule has 2 aromatic carbocycles. The van der Waals surface area contributed by atoms with Crippen molar-refractivity contribution in [1.82, 2.24) is 0 Å². The smallest absolute Gasteiger partial charge is 0.0467 e. The second kappa shape index (κ2) is 13.5. The summed E-state index contributed by atoms with van der Waals surface area (Å²) < 4.78 is 0. The Morgan fingerprint density at radius 3 is 1.73 bits per heavy atom. The fourth-order valence-corrected chi connectivity index (χ4v) is 4.81. The maximum Gasteiger partial charge on any atom is 0.0467 e. The molecule has 1 heteroatoms. The van der Waals surface area contributed by atoms with Crippen molar-refractivity contribution in [2.75, 3.05) is 5.32 Å². The van der Waals surface area contributed by atoms with Gasteiger partial charge in [-0.15, -0.1) is 0 Å². The van der Waals surface area contributed by atoms with Crippen molar-refractivity contribution < 1.29 is 0 Å². The van der Waals surface area contributed by atoms with Gasteiger partial charge in [0.1, 0.15) is 0 Å². The Hall–Kier alpha value is -1.76. The van der Waals surface area contributed by atoms with Gasteiger partial charge in [0.15, 0.2) is 0 Å². The van der Waals surface area contributed by atoms with Gasteiger partial charge in [-0.05, 0) is 35.9 Å². The van der Waals surface area contributed by atoms with Gasteiger partial charge < -0.3 is 5.32 Å². The standard InChI is InChI=1S/C29H43N/c1-2-3-4-5-6-7-8-9-10-11-12-13-14-15-16-22-27-24-26-21-17-19-25-20-18-23-28(30-27)29(25)26/h17-21,23-24,30H,2-16,22H2,1H3. The predicted octanol–water partition coefficient (Wildman–Crippen LogP) is 9.87. The Morgan fingerprint density at radius 1 is 0.600 bits per heavy atom. The Labute approximate surface area is 185 Å². The van der Waals surface area contributed by atoms with E-state index in [0.717, 1.165) is 0 Å². The van der Waals surface area contributed by atoms with E-state index in [1.165, 1.54) is 130 Å². The molecule has 3 rings (SSSR count). The predicted molar refractivity (Wildman–Crippen MR) is 135 cm³/mol. The summed E-state index contributed by atoms with van der Waals surface area (Å²) in [6.45, 7) is 2.30. The molecule has 0 aromatic heterocycles. The van der Waals surface area contributed by atoms with Gasteiger partial charge >= 0.3 is 0 Å². The van der Waals surface area contributed by atoms with Gasteiger partial charge in [0.2, 0.25) is 0 Å². The quantitative estimate of drug-likeness (QED) is 0.274. The van der Waals surface area contributed by atoms with Crippen LogP contribution < -0.4 is 5.32 Å². The van der Waals surface area contributed by atoms with Gasteiger partial charge in [-0.25, -0.2) is 0 Å². The van der Waals surface area contributed by atoms with Crippen molar-refractivity contribution >= 4 is 22.5 Å². The highest BCUT2D eigenvalue weighted by molar-refractivity contribution is 6.03. The van der Waals surface area contributed by atoms with E-state index in [4.69, 9.17) is 0 Å². The van der Waals surface area contributed by atoms with Crippen LogP contribution >= 0.6 is 0 Å². The summed E-state index contributed by atoms with van der Waals surface area (Å²) in [4.78, 5) is 0. The third-order valence-corrected chi connectivity index (χ3v) is 6.61. The number of nitrogens with one attached hydrogen (secondary N) is 1. The second-order valence-electron chi connectivity index (χ2n) is 9.25. The molecule has 0 saturated carbocycles. The molecule has 1 aliphatic heterocycles. The molecule has 0 unspecified atom stereocenters. The van der Waals surface area contributed by atoms with Crippen LogP contribution in [0.1, 0.15) is 115 Å². The fourth-order valence-electron chi connectivity index (χ4n) is 4.81. The van der Waals surface area contributed by atoms with Gasteiger partial charge in [-0.2, -0.15) is 0 Å². The van der Waals surface area contributed by atoms with Crippen molar-refractivity contribution in [3.8, 4) is 0 Å². The molecule has 1 heterocycles. The summed E-state index contributed by atoms with van der Waals surface area (Å²) in [6.07, 6.45) is 24.9. The van der Waals surface area contributed by atoms with Gasteiger partial charge in [0, 0.05) is 16.8 Å². The first-order valence-electron chi connectivity index (χ1n) is 12.9. The molecule has 0 spiro atoms. The van der Waals surface area contributed by atoms with Crippen LogP contribution in [0.15, 0.2) is 42.1 Å². The Balaban J connectivity index is 1.19. The van der Waals surface area contributed by atoms with Gasteiger partial charge in [0.05, 0.1) is 0 Å². The topological polar surface area (TPSA) is 12.0 Å². The van der Waals surface area contributed by atoms with Crippen molar-refractivity contribution in [2.45, 2.75) is 110 Å². The van der Waals surface area contributed by atoms with Crippen LogP contribution in [-0.2, 0) is 0 Å². The third-order valence-electron chi connectivity index (χ3n) is 6.61. The number of hydrogen-bond donors (Lipinski definition) is 1. The highest BCUT2D eigenvalue weighted by atomic mass is 14.9. The average molecular weight is 406 g/mol. The minimum absolute atomic E-state index is 1.17. The monoisotopic (exact) mass is 405 g/mol. The molecule has 1 aliphatic rings. The van der Waals surface area contributed by atoms with Crippen molar-refractivity contribution in [2.24, 2.45) is 0 Å². The molecule has 0 aliphatic carbocycles. The minimum atomic E-state index is 1.17. The SMILES string of the molecule is CCCCCCCCCCCCCCCCCC1=Cc2cccc3cccc(c23)N1. The van der Waals surface area contributed by atoms with E-state index in [1.807, 2.05) is 0 Å². The first kappa shape index (κ1) is 22.9. The van der Waals surface area contributed by atoms with Crippen LogP contribution in [0.5, 0.6) is 0 Å². The Kier molecular flexibility index (Phi) is 10.3. The van der Waals surface area contributed by atoms with E-state index in [0.29, 0.717) is 0 Å². The molecule has 164 valence electrons. The molecule has 1 nitrogen and oxygen atoms in total. The van der Waals surface area contributed by atoms with Crippen molar-refractivity contribution in [3.05, 3.63) is 47.7 Å². The van der Waals surface area contributed by atoms with E-state index in [-0.39, 0.29) is 0 Å². The lowest BCUT2D eigenvalue weighted by Gasteiger charge is -2.20. The summed E-state index contributed by atoms with van der Waals surface area (Å²) in [5, 5.41) is 6.38. The molecule has 30 heavy (non-hydrogen) atoms. The third kappa shape index (κ3) is 7.49. The summed E-state index contributed by atoms with van der Waals surface area (Å²) in [6, 6.07) is 13.2. The van der Waals surface area contributed by atoms with E-state index >= 15 is 0 Å². The molecule has 0 saturated heterocycles. The van der Waals surface area contributed by atoms with Crippen LogP contribution in [0.3, 0.4) is 0 Å². The fraction of sp³-hybridized carbons (Fsp3) is 0.586. The number of hydrogen-bond acceptors (Lipinski definition) is 1. The van der Waals surface area contributed by atoms with Crippen LogP contribution in [-0.4, -0.2) is 0 Å². The largest absolute Gasteiger partial charge is 0.358 e. The zero-order valence-corrected chi connectivity index (χ0v) is 19.4. The molecule has 0 radical (unpaired) electrons. The van der Waals surface area contributed by atoms with Crippen LogP contribution in [0.4, 0.5) is 5.69 Å². The zero-order valence-electron chi connectivity index (χ0n) is 19.4. The first-order valence-corrected chi connectivity index (χ1v) is 12.9. The van der Waals surface area contributed by atoms with E-state index < -0.39 is 0 Å². The lowest BCUT2D eigenvalue weighted by Crippen LogP contribution is -2.05. The maximum absolute atomic E-state index is 3.67. The van der Waals surface area contributed by atoms with Gasteiger partial charge in [-0.3, -0.25) is 0 Å². The minimum Gasteiger partial charge on any atom is -0.358 e. The van der Waals surface area contributed by atoms with Gasteiger partial charge in [0.25, 0.3) is 0 Å². The molecule has 0 atom stereocenters. The average Bonchev–Trinajstić information content (AvgIpc) is 2.77. The molecular formula is C29H43N. The van der Waals surface area contributed by atoms with Crippen LogP contribution in [0.2, 0.25) is 0 Å².